The molecule has 0 saturated carbocycles. The van der Waals surface area contributed by atoms with Crippen LogP contribution in [-0.4, -0.2) is 55.5 Å². The molecule has 0 aromatic heterocycles. The van der Waals surface area contributed by atoms with Gasteiger partial charge >= 0.3 is 12.1 Å². The number of benzene rings is 2. The molecule has 2 amide bonds. The highest BCUT2D eigenvalue weighted by atomic mass is 16.5. The van der Waals surface area contributed by atoms with Gasteiger partial charge in [-0.05, 0) is 29.2 Å². The third-order valence-electron chi connectivity index (χ3n) is 5.16. The number of hydrogen-bond donors (Lipinski definition) is 3. The number of hydrogen-bond acceptors (Lipinski definition) is 5. The van der Waals surface area contributed by atoms with Crippen LogP contribution < -0.4 is 10.6 Å². The first kappa shape index (κ1) is 21.3. The number of rotatable bonds is 8. The molecular weight excluding hydrogens is 388 g/mol. The second kappa shape index (κ2) is 9.41. The number of alkyl carbamates (subject to hydrolysis) is 1. The number of carbonyl (C=O) groups excluding carboxylic acids is 2. The number of carbonyl (C=O) groups is 3. The molecule has 2 aromatic carbocycles. The maximum Gasteiger partial charge on any atom is 0.407 e. The molecule has 3 rings (SSSR count). The number of carboxylic acids is 1. The van der Waals surface area contributed by atoms with E-state index in [0.29, 0.717) is 0 Å². The molecule has 1 aliphatic carbocycles. The Morgan fingerprint density at radius 2 is 1.60 bits per heavy atom. The molecule has 30 heavy (non-hydrogen) atoms. The Morgan fingerprint density at radius 3 is 2.13 bits per heavy atom. The van der Waals surface area contributed by atoms with E-state index in [1.54, 1.807) is 0 Å². The average molecular weight is 412 g/mol. The van der Waals surface area contributed by atoms with Crippen molar-refractivity contribution < 1.29 is 29.0 Å². The minimum absolute atomic E-state index is 0.0871. The molecule has 0 bridgehead atoms. The number of nitrogens with one attached hydrogen (secondary N) is 2. The fourth-order valence-electron chi connectivity index (χ4n) is 3.54. The highest BCUT2D eigenvalue weighted by Gasteiger charge is 2.29. The monoisotopic (exact) mass is 412 g/mol. The van der Waals surface area contributed by atoms with Crippen LogP contribution in [-0.2, 0) is 19.1 Å². The summed E-state index contributed by atoms with van der Waals surface area (Å²) >= 11 is 0. The van der Waals surface area contributed by atoms with E-state index < -0.39 is 36.7 Å². The lowest BCUT2D eigenvalue weighted by atomic mass is 9.98. The quantitative estimate of drug-likeness (QED) is 0.612. The van der Waals surface area contributed by atoms with Gasteiger partial charge in [-0.3, -0.25) is 4.79 Å². The Labute approximate surface area is 174 Å². The fourth-order valence-corrected chi connectivity index (χ4v) is 3.54. The van der Waals surface area contributed by atoms with Gasteiger partial charge in [-0.1, -0.05) is 48.5 Å². The molecule has 2 aromatic rings. The molecule has 3 N–H and O–H groups in total. The topological polar surface area (TPSA) is 114 Å². The Hall–Kier alpha value is -3.39. The van der Waals surface area contributed by atoms with E-state index in [-0.39, 0.29) is 12.5 Å². The largest absolute Gasteiger partial charge is 0.480 e. The minimum atomic E-state index is -1.22. The van der Waals surface area contributed by atoms with Crippen LogP contribution in [0, 0.1) is 0 Å². The lowest BCUT2D eigenvalue weighted by Crippen LogP contribution is -2.51. The summed E-state index contributed by atoms with van der Waals surface area (Å²) in [6, 6.07) is 14.7. The summed E-state index contributed by atoms with van der Waals surface area (Å²) in [4.78, 5) is 35.3. The smallest absolute Gasteiger partial charge is 0.407 e. The molecule has 0 radical (unpaired) electrons. The van der Waals surface area contributed by atoms with E-state index >= 15 is 0 Å². The van der Waals surface area contributed by atoms with Crippen molar-refractivity contribution in [1.29, 1.82) is 0 Å². The Balaban J connectivity index is 1.54. The zero-order valence-corrected chi connectivity index (χ0v) is 16.8. The van der Waals surface area contributed by atoms with Gasteiger partial charge in [0.1, 0.15) is 13.2 Å². The van der Waals surface area contributed by atoms with Crippen molar-refractivity contribution in [2.24, 2.45) is 0 Å². The number of methoxy groups -OCH3 is 1. The number of amides is 2. The lowest BCUT2D eigenvalue weighted by molar-refractivity contribution is -0.145. The third-order valence-corrected chi connectivity index (χ3v) is 5.16. The maximum absolute atomic E-state index is 12.1. The third kappa shape index (κ3) is 4.60. The van der Waals surface area contributed by atoms with Crippen LogP contribution in [0.15, 0.2) is 48.5 Å². The van der Waals surface area contributed by atoms with E-state index in [1.165, 1.54) is 14.0 Å². The number of aliphatic carboxylic acids is 1. The lowest BCUT2D eigenvalue weighted by Gasteiger charge is -2.20. The van der Waals surface area contributed by atoms with Crippen molar-refractivity contribution in [3.05, 3.63) is 59.7 Å². The molecule has 0 saturated heterocycles. The van der Waals surface area contributed by atoms with Gasteiger partial charge in [0.2, 0.25) is 5.91 Å². The summed E-state index contributed by atoms with van der Waals surface area (Å²) in [5.41, 5.74) is 4.41. The van der Waals surface area contributed by atoms with Gasteiger partial charge in [-0.25, -0.2) is 9.59 Å². The maximum atomic E-state index is 12.1. The molecule has 158 valence electrons. The number of fused-ring (bicyclic) bond motifs is 3. The van der Waals surface area contributed by atoms with Gasteiger partial charge in [0, 0.05) is 13.0 Å². The van der Waals surface area contributed by atoms with Crippen LogP contribution in [0.3, 0.4) is 0 Å². The Kier molecular flexibility index (Phi) is 6.68. The normalized spacial score (nSPS) is 14.2. The van der Waals surface area contributed by atoms with Crippen LogP contribution in [0.5, 0.6) is 0 Å². The minimum Gasteiger partial charge on any atom is -0.480 e. The summed E-state index contributed by atoms with van der Waals surface area (Å²) in [6.07, 6.45) is -1.47. The SMILES string of the molecule is COC(C)C(NC(=O)CNC(=O)OCC1c2ccccc2-c2ccccc21)C(=O)O. The van der Waals surface area contributed by atoms with Gasteiger partial charge < -0.3 is 25.2 Å². The van der Waals surface area contributed by atoms with Gasteiger partial charge in [0.15, 0.2) is 6.04 Å². The summed E-state index contributed by atoms with van der Waals surface area (Å²) in [5, 5.41) is 13.8. The first-order valence-corrected chi connectivity index (χ1v) is 9.56. The molecule has 0 spiro atoms. The second-order valence-corrected chi connectivity index (χ2v) is 7.00. The Bertz CT molecular complexity index is 899. The zero-order valence-electron chi connectivity index (χ0n) is 16.8. The summed E-state index contributed by atoms with van der Waals surface area (Å²) < 4.78 is 10.3. The van der Waals surface area contributed by atoms with Gasteiger partial charge in [0.25, 0.3) is 0 Å². The van der Waals surface area contributed by atoms with Crippen LogP contribution >= 0.6 is 0 Å². The van der Waals surface area contributed by atoms with Crippen molar-refractivity contribution in [2.75, 3.05) is 20.3 Å². The summed E-state index contributed by atoms with van der Waals surface area (Å²) in [7, 11) is 1.35. The summed E-state index contributed by atoms with van der Waals surface area (Å²) in [6.45, 7) is 1.24. The number of carboxylic acid groups (broad SMARTS) is 1. The van der Waals surface area contributed by atoms with Crippen LogP contribution in [0.25, 0.3) is 11.1 Å². The van der Waals surface area contributed by atoms with Crippen molar-refractivity contribution in [2.45, 2.75) is 25.0 Å². The van der Waals surface area contributed by atoms with E-state index in [0.717, 1.165) is 22.3 Å². The molecule has 2 atom stereocenters. The van der Waals surface area contributed by atoms with Crippen LogP contribution in [0.4, 0.5) is 4.79 Å². The molecular formula is C22H24N2O6. The van der Waals surface area contributed by atoms with Crippen molar-refractivity contribution in [3.8, 4) is 11.1 Å². The zero-order chi connectivity index (χ0) is 21.7. The van der Waals surface area contributed by atoms with Crippen molar-refractivity contribution >= 4 is 18.0 Å². The van der Waals surface area contributed by atoms with Gasteiger partial charge in [-0.2, -0.15) is 0 Å². The Morgan fingerprint density at radius 1 is 1.03 bits per heavy atom. The molecule has 0 aliphatic heterocycles. The first-order valence-electron chi connectivity index (χ1n) is 9.56. The van der Waals surface area contributed by atoms with Crippen LogP contribution in [0.2, 0.25) is 0 Å². The second-order valence-electron chi connectivity index (χ2n) is 7.00. The van der Waals surface area contributed by atoms with E-state index in [9.17, 15) is 14.4 Å². The average Bonchev–Trinajstić information content (AvgIpc) is 3.07. The molecule has 2 unspecified atom stereocenters. The van der Waals surface area contributed by atoms with Crippen LogP contribution in [0.1, 0.15) is 24.0 Å². The van der Waals surface area contributed by atoms with Crippen molar-refractivity contribution in [3.63, 3.8) is 0 Å². The van der Waals surface area contributed by atoms with E-state index in [2.05, 4.69) is 10.6 Å². The first-order chi connectivity index (χ1) is 14.4. The number of ether oxygens (including phenoxy) is 2. The predicted molar refractivity (Wildman–Crippen MR) is 109 cm³/mol. The van der Waals surface area contributed by atoms with E-state index in [1.807, 2.05) is 48.5 Å². The standard InChI is InChI=1S/C22H24N2O6/c1-13(29-2)20(21(26)27)24-19(25)11-23-22(28)30-12-18-16-9-5-3-7-14(16)15-8-4-6-10-17(15)18/h3-10,13,18,20H,11-12H2,1-2H3,(H,23,28)(H,24,25)(H,26,27). The van der Waals surface area contributed by atoms with Gasteiger partial charge in [0.05, 0.1) is 6.10 Å². The molecule has 0 heterocycles. The molecule has 1 aliphatic rings. The fraction of sp³-hybridized carbons (Fsp3) is 0.318. The summed E-state index contributed by atoms with van der Waals surface area (Å²) in [5.74, 6) is -1.96. The molecule has 8 heteroatoms. The van der Waals surface area contributed by atoms with Gasteiger partial charge in [-0.15, -0.1) is 0 Å². The molecule has 8 nitrogen and oxygen atoms in total. The van der Waals surface area contributed by atoms with Crippen molar-refractivity contribution in [1.82, 2.24) is 10.6 Å². The predicted octanol–water partition coefficient (Wildman–Crippen LogP) is 2.13. The highest BCUT2D eigenvalue weighted by molar-refractivity contribution is 5.87. The molecule has 0 fully saturated rings. The highest BCUT2D eigenvalue weighted by Crippen LogP contribution is 2.44. The van der Waals surface area contributed by atoms with E-state index in [4.69, 9.17) is 14.6 Å².